The van der Waals surface area contributed by atoms with Crippen molar-refractivity contribution < 1.29 is 12.6 Å². The van der Waals surface area contributed by atoms with Gasteiger partial charge in [0.05, 0.1) is 5.52 Å². The van der Waals surface area contributed by atoms with E-state index in [1.165, 1.54) is 12.1 Å². The fourth-order valence-corrected chi connectivity index (χ4v) is 2.57. The van der Waals surface area contributed by atoms with Gasteiger partial charge in [0.25, 0.3) is 5.56 Å². The summed E-state index contributed by atoms with van der Waals surface area (Å²) >= 11 is 0. The van der Waals surface area contributed by atoms with Gasteiger partial charge in [-0.05, 0) is 29.1 Å². The van der Waals surface area contributed by atoms with Crippen molar-refractivity contribution in [2.75, 3.05) is 0 Å². The molecular weight excluding hydrogens is 304 g/mol. The number of pyridine rings is 1. The van der Waals surface area contributed by atoms with Gasteiger partial charge in [-0.1, -0.05) is 30.3 Å². The number of benzene rings is 2. The summed E-state index contributed by atoms with van der Waals surface area (Å²) in [5, 5.41) is 5.57. The molecule has 0 unspecified atom stereocenters. The molecule has 0 aliphatic carbocycles. The van der Waals surface area contributed by atoms with Crippen LogP contribution in [0.4, 0.5) is 0 Å². The van der Waals surface area contributed by atoms with Gasteiger partial charge < -0.3 is 9.17 Å². The first-order valence-corrected chi connectivity index (χ1v) is 7.84. The summed E-state index contributed by atoms with van der Waals surface area (Å²) in [5.74, 6) is 0.0399. The Labute approximate surface area is 126 Å². The maximum Gasteiger partial charge on any atom is 0.380 e. The highest BCUT2D eigenvalue weighted by Gasteiger charge is 2.09. The number of fused-ring (bicyclic) bond motifs is 1. The van der Waals surface area contributed by atoms with Gasteiger partial charge >= 0.3 is 10.3 Å². The van der Waals surface area contributed by atoms with E-state index in [0.717, 1.165) is 10.9 Å². The molecule has 2 aromatic carbocycles. The van der Waals surface area contributed by atoms with Gasteiger partial charge in [0, 0.05) is 11.6 Å². The Balaban J connectivity index is 2.12. The smallest absolute Gasteiger partial charge is 0.371 e. The number of aromatic amines is 1. The monoisotopic (exact) mass is 316 g/mol. The van der Waals surface area contributed by atoms with Crippen molar-refractivity contribution in [3.63, 3.8) is 0 Å². The quantitative estimate of drug-likeness (QED) is 0.768. The molecule has 3 aromatic rings. The van der Waals surface area contributed by atoms with Crippen molar-refractivity contribution >= 4 is 21.2 Å². The minimum Gasteiger partial charge on any atom is -0.371 e. The van der Waals surface area contributed by atoms with Crippen LogP contribution in [0, 0.1) is 0 Å². The normalized spacial score (nSPS) is 11.5. The molecule has 0 atom stereocenters. The molecule has 0 saturated carbocycles. The lowest BCUT2D eigenvalue weighted by Crippen LogP contribution is -2.19. The van der Waals surface area contributed by atoms with Crippen molar-refractivity contribution in [3.8, 4) is 16.9 Å². The molecular formula is C15H12N2O4S. The molecule has 6 nitrogen and oxygen atoms in total. The molecule has 0 spiro atoms. The predicted molar refractivity (Wildman–Crippen MR) is 83.7 cm³/mol. The first-order valence-electron chi connectivity index (χ1n) is 6.37. The van der Waals surface area contributed by atoms with Crippen LogP contribution in [0.25, 0.3) is 22.0 Å². The molecule has 0 radical (unpaired) electrons. The van der Waals surface area contributed by atoms with Gasteiger partial charge in [-0.2, -0.15) is 13.6 Å². The number of rotatable bonds is 3. The summed E-state index contributed by atoms with van der Waals surface area (Å²) in [4.78, 5) is 14.9. The second-order valence-corrected chi connectivity index (χ2v) is 5.86. The molecule has 0 aliphatic heterocycles. The van der Waals surface area contributed by atoms with Gasteiger partial charge in [0.1, 0.15) is 5.75 Å². The maximum atomic E-state index is 12.2. The Morgan fingerprint density at radius 3 is 2.41 bits per heavy atom. The van der Waals surface area contributed by atoms with Crippen molar-refractivity contribution in [1.82, 2.24) is 4.98 Å². The van der Waals surface area contributed by atoms with Gasteiger partial charge in [0.2, 0.25) is 0 Å². The first kappa shape index (κ1) is 14.3. The molecule has 0 fully saturated rings. The van der Waals surface area contributed by atoms with E-state index in [2.05, 4.69) is 9.17 Å². The molecule has 1 heterocycles. The van der Waals surface area contributed by atoms with Crippen LogP contribution in [0.15, 0.2) is 59.4 Å². The van der Waals surface area contributed by atoms with Crippen LogP contribution in [0.3, 0.4) is 0 Å². The molecule has 112 valence electrons. The molecule has 0 bridgehead atoms. The average Bonchev–Trinajstić information content (AvgIpc) is 2.45. The Morgan fingerprint density at radius 1 is 1.00 bits per heavy atom. The SMILES string of the molecule is NS(=O)(=O)Oc1ccc2cc(-c3ccccc3)c(=O)[nH]c2c1. The lowest BCUT2D eigenvalue weighted by molar-refractivity contribution is 0.488. The Bertz CT molecular complexity index is 995. The largest absolute Gasteiger partial charge is 0.380 e. The summed E-state index contributed by atoms with van der Waals surface area (Å²) in [7, 11) is -4.10. The molecule has 3 N–H and O–H groups in total. The van der Waals surface area contributed by atoms with Crippen molar-refractivity contribution in [1.29, 1.82) is 0 Å². The highest BCUT2D eigenvalue weighted by molar-refractivity contribution is 7.84. The first-order chi connectivity index (χ1) is 10.4. The Hall–Kier alpha value is -2.64. The summed E-state index contributed by atoms with van der Waals surface area (Å²) < 4.78 is 26.4. The van der Waals surface area contributed by atoms with Crippen LogP contribution >= 0.6 is 0 Å². The summed E-state index contributed by atoms with van der Waals surface area (Å²) in [6.45, 7) is 0. The van der Waals surface area contributed by atoms with E-state index in [0.29, 0.717) is 11.1 Å². The molecule has 0 saturated heterocycles. The molecule has 0 amide bonds. The van der Waals surface area contributed by atoms with Crippen LogP contribution in [-0.2, 0) is 10.3 Å². The van der Waals surface area contributed by atoms with Crippen molar-refractivity contribution in [2.24, 2.45) is 5.14 Å². The van der Waals surface area contributed by atoms with E-state index in [1.54, 1.807) is 12.1 Å². The van der Waals surface area contributed by atoms with Gasteiger partial charge in [-0.25, -0.2) is 0 Å². The highest BCUT2D eigenvalue weighted by atomic mass is 32.2. The van der Waals surface area contributed by atoms with E-state index in [4.69, 9.17) is 5.14 Å². The molecule has 0 aliphatic rings. The minimum absolute atomic E-state index is 0.0399. The molecule has 7 heteroatoms. The Morgan fingerprint density at radius 2 is 1.73 bits per heavy atom. The number of hydrogen-bond acceptors (Lipinski definition) is 4. The lowest BCUT2D eigenvalue weighted by atomic mass is 10.1. The average molecular weight is 316 g/mol. The van der Waals surface area contributed by atoms with Gasteiger partial charge in [-0.15, -0.1) is 0 Å². The van der Waals surface area contributed by atoms with Gasteiger partial charge in [0.15, 0.2) is 0 Å². The highest BCUT2D eigenvalue weighted by Crippen LogP contribution is 2.23. The number of aromatic nitrogens is 1. The second kappa shape index (κ2) is 5.28. The Kier molecular flexibility index (Phi) is 3.44. The van der Waals surface area contributed by atoms with Crippen LogP contribution in [0.5, 0.6) is 5.75 Å². The third-order valence-electron chi connectivity index (χ3n) is 3.11. The molecule has 3 rings (SSSR count). The number of nitrogens with one attached hydrogen (secondary N) is 1. The van der Waals surface area contributed by atoms with E-state index < -0.39 is 10.3 Å². The zero-order valence-electron chi connectivity index (χ0n) is 11.3. The zero-order valence-corrected chi connectivity index (χ0v) is 12.1. The predicted octanol–water partition coefficient (Wildman–Crippen LogP) is 1.78. The van der Waals surface area contributed by atoms with E-state index in [9.17, 15) is 13.2 Å². The number of H-pyrrole nitrogens is 1. The molecule has 1 aromatic heterocycles. The minimum atomic E-state index is -4.10. The number of nitrogens with two attached hydrogens (primary N) is 1. The third kappa shape index (κ3) is 3.00. The topological polar surface area (TPSA) is 102 Å². The summed E-state index contributed by atoms with van der Waals surface area (Å²) in [5.41, 5.74) is 1.53. The zero-order chi connectivity index (χ0) is 15.7. The molecule has 22 heavy (non-hydrogen) atoms. The number of hydrogen-bond donors (Lipinski definition) is 2. The van der Waals surface area contributed by atoms with Gasteiger partial charge in [-0.3, -0.25) is 4.79 Å². The van der Waals surface area contributed by atoms with E-state index in [-0.39, 0.29) is 11.3 Å². The fourth-order valence-electron chi connectivity index (χ4n) is 2.20. The van der Waals surface area contributed by atoms with Crippen molar-refractivity contribution in [3.05, 3.63) is 65.0 Å². The van der Waals surface area contributed by atoms with Crippen molar-refractivity contribution in [2.45, 2.75) is 0 Å². The van der Waals surface area contributed by atoms with Crippen LogP contribution in [0.1, 0.15) is 0 Å². The lowest BCUT2D eigenvalue weighted by Gasteiger charge is -2.06. The standard InChI is InChI=1S/C15H12N2O4S/c16-22(19,20)21-12-7-6-11-8-13(10-4-2-1-3-5-10)15(18)17-14(11)9-12/h1-9H,(H,17,18)(H2,16,19,20). The maximum absolute atomic E-state index is 12.2. The fraction of sp³-hybridized carbons (Fsp3) is 0. The van der Waals surface area contributed by atoms with Crippen LogP contribution in [-0.4, -0.2) is 13.4 Å². The summed E-state index contributed by atoms with van der Waals surface area (Å²) in [6.07, 6.45) is 0. The van der Waals surface area contributed by atoms with E-state index >= 15 is 0 Å². The third-order valence-corrected chi connectivity index (χ3v) is 3.54. The summed E-state index contributed by atoms with van der Waals surface area (Å²) in [6, 6.07) is 15.5. The van der Waals surface area contributed by atoms with Crippen LogP contribution in [0.2, 0.25) is 0 Å². The second-order valence-electron chi connectivity index (χ2n) is 4.70. The van der Waals surface area contributed by atoms with Crippen LogP contribution < -0.4 is 14.9 Å². The van der Waals surface area contributed by atoms with E-state index in [1.807, 2.05) is 30.3 Å².